The molecule has 0 atom stereocenters. The van der Waals surface area contributed by atoms with Crippen LogP contribution < -0.4 is 0 Å². The second-order valence-electron chi connectivity index (χ2n) is 5.19. The predicted octanol–water partition coefficient (Wildman–Crippen LogP) is 5.28. The Bertz CT molecular complexity index is 918. The van der Waals surface area contributed by atoms with Gasteiger partial charge in [0, 0.05) is 16.5 Å². The highest BCUT2D eigenvalue weighted by Crippen LogP contribution is 2.34. The monoisotopic (exact) mass is 363 g/mol. The SMILES string of the molecule is COC(=O)c1cccc(-c2nc(-c3cccc(C(F)(F)F)c3)cs2)c1. The molecule has 3 nitrogen and oxygen atoms in total. The summed E-state index contributed by atoms with van der Waals surface area (Å²) in [5.41, 5.74) is 1.21. The van der Waals surface area contributed by atoms with Crippen LogP contribution in [0, 0.1) is 0 Å². The Morgan fingerprint density at radius 3 is 2.52 bits per heavy atom. The van der Waals surface area contributed by atoms with Crippen LogP contribution in [0.25, 0.3) is 21.8 Å². The maximum absolute atomic E-state index is 12.8. The van der Waals surface area contributed by atoms with Crippen LogP contribution in [0.3, 0.4) is 0 Å². The van der Waals surface area contributed by atoms with Gasteiger partial charge < -0.3 is 4.74 Å². The number of thiazole rings is 1. The van der Waals surface area contributed by atoms with Crippen molar-refractivity contribution in [2.45, 2.75) is 6.18 Å². The molecule has 2 aromatic carbocycles. The van der Waals surface area contributed by atoms with E-state index in [1.165, 1.54) is 24.5 Å². The van der Waals surface area contributed by atoms with Gasteiger partial charge in [0.05, 0.1) is 23.9 Å². The molecule has 0 spiro atoms. The lowest BCUT2D eigenvalue weighted by Crippen LogP contribution is -2.04. The summed E-state index contributed by atoms with van der Waals surface area (Å²) in [5.74, 6) is -0.462. The summed E-state index contributed by atoms with van der Waals surface area (Å²) in [6.07, 6.45) is -4.40. The van der Waals surface area contributed by atoms with E-state index in [0.717, 1.165) is 12.1 Å². The topological polar surface area (TPSA) is 39.2 Å². The van der Waals surface area contributed by atoms with Crippen LogP contribution in [0.1, 0.15) is 15.9 Å². The van der Waals surface area contributed by atoms with E-state index in [9.17, 15) is 18.0 Å². The number of hydrogen-bond donors (Lipinski definition) is 0. The van der Waals surface area contributed by atoms with Crippen molar-refractivity contribution >= 4 is 17.3 Å². The highest BCUT2D eigenvalue weighted by atomic mass is 32.1. The van der Waals surface area contributed by atoms with Gasteiger partial charge in [-0.05, 0) is 24.3 Å². The number of rotatable bonds is 3. The summed E-state index contributed by atoms with van der Waals surface area (Å²) >= 11 is 1.29. The van der Waals surface area contributed by atoms with Gasteiger partial charge in [0.25, 0.3) is 0 Å². The molecular weight excluding hydrogens is 351 g/mol. The van der Waals surface area contributed by atoms with E-state index in [2.05, 4.69) is 9.72 Å². The minimum absolute atomic E-state index is 0.385. The maximum Gasteiger partial charge on any atom is 0.416 e. The maximum atomic E-state index is 12.8. The molecule has 0 saturated heterocycles. The van der Waals surface area contributed by atoms with Crippen molar-refractivity contribution in [2.24, 2.45) is 0 Å². The molecule has 0 fully saturated rings. The van der Waals surface area contributed by atoms with Crippen LogP contribution in [0.5, 0.6) is 0 Å². The van der Waals surface area contributed by atoms with Gasteiger partial charge in [-0.15, -0.1) is 11.3 Å². The number of alkyl halides is 3. The fourth-order valence-electron chi connectivity index (χ4n) is 2.29. The summed E-state index contributed by atoms with van der Waals surface area (Å²) in [6, 6.07) is 11.8. The number of ether oxygens (including phenoxy) is 1. The predicted molar refractivity (Wildman–Crippen MR) is 89.3 cm³/mol. The number of carbonyl (C=O) groups is 1. The number of aromatic nitrogens is 1. The van der Waals surface area contributed by atoms with Crippen molar-refractivity contribution in [3.8, 4) is 21.8 Å². The van der Waals surface area contributed by atoms with Crippen molar-refractivity contribution in [2.75, 3.05) is 7.11 Å². The van der Waals surface area contributed by atoms with E-state index in [0.29, 0.717) is 27.4 Å². The number of halogens is 3. The number of benzene rings is 2. The number of carbonyl (C=O) groups excluding carboxylic acids is 1. The quantitative estimate of drug-likeness (QED) is 0.594. The first kappa shape index (κ1) is 17.2. The molecule has 7 heteroatoms. The summed E-state index contributed by atoms with van der Waals surface area (Å²) in [5, 5.41) is 2.30. The van der Waals surface area contributed by atoms with Gasteiger partial charge >= 0.3 is 12.1 Å². The fourth-order valence-corrected chi connectivity index (χ4v) is 3.12. The molecule has 0 N–H and O–H groups in total. The largest absolute Gasteiger partial charge is 0.465 e. The lowest BCUT2D eigenvalue weighted by Gasteiger charge is -2.07. The molecular formula is C18H12F3NO2S. The van der Waals surface area contributed by atoms with Crippen LogP contribution in [-0.2, 0) is 10.9 Å². The standard InChI is InChI=1S/C18H12F3NO2S/c1-24-17(23)13-6-2-5-12(8-13)16-22-15(10-25-16)11-4-3-7-14(9-11)18(19,20)21/h2-10H,1H3. The molecule has 3 rings (SSSR count). The number of nitrogens with zero attached hydrogens (tertiary/aromatic N) is 1. The summed E-state index contributed by atoms with van der Waals surface area (Å²) in [4.78, 5) is 16.0. The Morgan fingerprint density at radius 2 is 1.80 bits per heavy atom. The third-order valence-electron chi connectivity index (χ3n) is 3.52. The molecule has 0 unspecified atom stereocenters. The van der Waals surface area contributed by atoms with Gasteiger partial charge in [-0.3, -0.25) is 0 Å². The van der Waals surface area contributed by atoms with Crippen LogP contribution in [0.15, 0.2) is 53.9 Å². The molecule has 0 aliphatic heterocycles. The number of methoxy groups -OCH3 is 1. The van der Waals surface area contributed by atoms with Crippen molar-refractivity contribution in [3.63, 3.8) is 0 Å². The average Bonchev–Trinajstić information content (AvgIpc) is 3.11. The summed E-state index contributed by atoms with van der Waals surface area (Å²) < 4.78 is 43.2. The lowest BCUT2D eigenvalue weighted by molar-refractivity contribution is -0.137. The normalized spacial score (nSPS) is 11.4. The van der Waals surface area contributed by atoms with E-state index in [1.54, 1.807) is 35.7 Å². The molecule has 0 amide bonds. The van der Waals surface area contributed by atoms with Crippen molar-refractivity contribution < 1.29 is 22.7 Å². The first-order chi connectivity index (χ1) is 11.9. The Hall–Kier alpha value is -2.67. The Labute approximate surface area is 145 Å². The van der Waals surface area contributed by atoms with Crippen LogP contribution in [0.4, 0.5) is 13.2 Å². The van der Waals surface area contributed by atoms with Gasteiger partial charge in [0.1, 0.15) is 5.01 Å². The van der Waals surface area contributed by atoms with Gasteiger partial charge in [0.15, 0.2) is 0 Å². The highest BCUT2D eigenvalue weighted by molar-refractivity contribution is 7.13. The molecule has 0 aliphatic carbocycles. The molecule has 1 heterocycles. The first-order valence-corrected chi connectivity index (χ1v) is 8.08. The van der Waals surface area contributed by atoms with Crippen LogP contribution in [0.2, 0.25) is 0 Å². The smallest absolute Gasteiger partial charge is 0.416 e. The molecule has 0 aliphatic rings. The molecule has 0 radical (unpaired) electrons. The van der Waals surface area contributed by atoms with Gasteiger partial charge in [-0.2, -0.15) is 13.2 Å². The van der Waals surface area contributed by atoms with E-state index >= 15 is 0 Å². The molecule has 0 saturated carbocycles. The number of hydrogen-bond acceptors (Lipinski definition) is 4. The molecule has 25 heavy (non-hydrogen) atoms. The minimum atomic E-state index is -4.40. The fraction of sp³-hybridized carbons (Fsp3) is 0.111. The molecule has 3 aromatic rings. The van der Waals surface area contributed by atoms with Crippen molar-refractivity contribution in [1.29, 1.82) is 0 Å². The highest BCUT2D eigenvalue weighted by Gasteiger charge is 2.30. The third kappa shape index (κ3) is 3.71. The Balaban J connectivity index is 1.95. The average molecular weight is 363 g/mol. The molecule has 0 bridgehead atoms. The molecule has 128 valence electrons. The summed E-state index contributed by atoms with van der Waals surface area (Å²) in [7, 11) is 1.30. The third-order valence-corrected chi connectivity index (χ3v) is 4.41. The number of esters is 1. The second kappa shape index (κ2) is 6.68. The minimum Gasteiger partial charge on any atom is -0.465 e. The summed E-state index contributed by atoms with van der Waals surface area (Å²) in [6.45, 7) is 0. The Kier molecular flexibility index (Phi) is 4.59. The van der Waals surface area contributed by atoms with Gasteiger partial charge in [-0.25, -0.2) is 9.78 Å². The van der Waals surface area contributed by atoms with E-state index in [4.69, 9.17) is 0 Å². The van der Waals surface area contributed by atoms with E-state index in [-0.39, 0.29) is 0 Å². The molecule has 1 aromatic heterocycles. The zero-order chi connectivity index (χ0) is 18.0. The first-order valence-electron chi connectivity index (χ1n) is 7.20. The van der Waals surface area contributed by atoms with Crippen LogP contribution >= 0.6 is 11.3 Å². The second-order valence-corrected chi connectivity index (χ2v) is 6.05. The van der Waals surface area contributed by atoms with Crippen LogP contribution in [-0.4, -0.2) is 18.1 Å². The van der Waals surface area contributed by atoms with Gasteiger partial charge in [0.2, 0.25) is 0 Å². The zero-order valence-electron chi connectivity index (χ0n) is 13.0. The zero-order valence-corrected chi connectivity index (χ0v) is 13.8. The van der Waals surface area contributed by atoms with Crippen molar-refractivity contribution in [1.82, 2.24) is 4.98 Å². The lowest BCUT2D eigenvalue weighted by atomic mass is 10.1. The Morgan fingerprint density at radius 1 is 1.08 bits per heavy atom. The van der Waals surface area contributed by atoms with E-state index in [1.807, 2.05) is 0 Å². The van der Waals surface area contributed by atoms with Crippen molar-refractivity contribution in [3.05, 3.63) is 65.0 Å². The van der Waals surface area contributed by atoms with E-state index < -0.39 is 17.7 Å². The van der Waals surface area contributed by atoms with Gasteiger partial charge in [-0.1, -0.05) is 24.3 Å².